The predicted octanol–water partition coefficient (Wildman–Crippen LogP) is 2.76. The van der Waals surface area contributed by atoms with Gasteiger partial charge in [0.15, 0.2) is 0 Å². The minimum absolute atomic E-state index is 0.642. The number of benzene rings is 1. The lowest BCUT2D eigenvalue weighted by molar-refractivity contribution is 0.286. The molecule has 19 heavy (non-hydrogen) atoms. The van der Waals surface area contributed by atoms with Crippen LogP contribution in [0.3, 0.4) is 0 Å². The Morgan fingerprint density at radius 3 is 2.63 bits per heavy atom. The molecule has 0 unspecified atom stereocenters. The standard InChI is InChI=1S/C16H21N3/c1-12-3-5-13(6-4-12)14-9-15(10-14)18-11-16-17-7-8-19(16)2/h3-8,14-15,18H,9-11H2,1-2H3. The van der Waals surface area contributed by atoms with Gasteiger partial charge in [-0.15, -0.1) is 0 Å². The lowest BCUT2D eigenvalue weighted by Crippen LogP contribution is -2.40. The van der Waals surface area contributed by atoms with Crippen LogP contribution in [0.2, 0.25) is 0 Å². The van der Waals surface area contributed by atoms with Gasteiger partial charge in [-0.2, -0.15) is 0 Å². The highest BCUT2D eigenvalue weighted by Crippen LogP contribution is 2.36. The zero-order chi connectivity index (χ0) is 13.2. The number of nitrogens with one attached hydrogen (secondary N) is 1. The molecule has 1 fully saturated rings. The zero-order valence-electron chi connectivity index (χ0n) is 11.6. The first-order chi connectivity index (χ1) is 9.22. The second-order valence-corrected chi connectivity index (χ2v) is 5.61. The number of hydrogen-bond acceptors (Lipinski definition) is 2. The summed E-state index contributed by atoms with van der Waals surface area (Å²) in [6.07, 6.45) is 6.33. The van der Waals surface area contributed by atoms with Crippen LogP contribution in [0.15, 0.2) is 36.7 Å². The van der Waals surface area contributed by atoms with Crippen LogP contribution in [0.1, 0.15) is 35.7 Å². The summed E-state index contributed by atoms with van der Waals surface area (Å²) in [4.78, 5) is 4.33. The van der Waals surface area contributed by atoms with Crippen LogP contribution >= 0.6 is 0 Å². The molecule has 1 N–H and O–H groups in total. The Bertz CT molecular complexity index is 535. The van der Waals surface area contributed by atoms with Crippen molar-refractivity contribution in [3.8, 4) is 0 Å². The smallest absolute Gasteiger partial charge is 0.122 e. The van der Waals surface area contributed by atoms with Crippen LogP contribution in [-0.2, 0) is 13.6 Å². The van der Waals surface area contributed by atoms with Crippen molar-refractivity contribution in [1.29, 1.82) is 0 Å². The largest absolute Gasteiger partial charge is 0.337 e. The van der Waals surface area contributed by atoms with Gasteiger partial charge in [0, 0.05) is 25.5 Å². The van der Waals surface area contributed by atoms with Gasteiger partial charge in [-0.25, -0.2) is 4.98 Å². The van der Waals surface area contributed by atoms with E-state index in [1.54, 1.807) is 0 Å². The number of imidazole rings is 1. The first-order valence-electron chi connectivity index (χ1n) is 6.98. The maximum Gasteiger partial charge on any atom is 0.122 e. The summed E-state index contributed by atoms with van der Waals surface area (Å²) in [5.74, 6) is 1.85. The fourth-order valence-corrected chi connectivity index (χ4v) is 2.70. The van der Waals surface area contributed by atoms with Crippen LogP contribution in [0, 0.1) is 6.92 Å². The quantitative estimate of drug-likeness (QED) is 0.910. The topological polar surface area (TPSA) is 29.9 Å². The van der Waals surface area contributed by atoms with E-state index in [-0.39, 0.29) is 0 Å². The summed E-state index contributed by atoms with van der Waals surface area (Å²) < 4.78 is 2.07. The van der Waals surface area contributed by atoms with Crippen molar-refractivity contribution < 1.29 is 0 Å². The molecule has 0 atom stereocenters. The molecule has 1 aliphatic carbocycles. The lowest BCUT2D eigenvalue weighted by atomic mass is 9.76. The number of aromatic nitrogens is 2. The Balaban J connectivity index is 1.48. The summed E-state index contributed by atoms with van der Waals surface area (Å²) in [6.45, 7) is 3.01. The molecular formula is C16H21N3. The van der Waals surface area contributed by atoms with Gasteiger partial charge in [0.05, 0.1) is 6.54 Å². The molecule has 2 aromatic rings. The Kier molecular flexibility index (Phi) is 3.38. The van der Waals surface area contributed by atoms with Gasteiger partial charge in [0.25, 0.3) is 0 Å². The minimum Gasteiger partial charge on any atom is -0.337 e. The molecule has 0 spiro atoms. The maximum atomic E-state index is 4.33. The normalized spacial score (nSPS) is 22.2. The van der Waals surface area contributed by atoms with E-state index in [0.717, 1.165) is 18.3 Å². The van der Waals surface area contributed by atoms with Gasteiger partial charge in [-0.1, -0.05) is 29.8 Å². The lowest BCUT2D eigenvalue weighted by Gasteiger charge is -2.36. The molecule has 0 aliphatic heterocycles. The van der Waals surface area contributed by atoms with Crippen LogP contribution in [0.25, 0.3) is 0 Å². The molecule has 3 nitrogen and oxygen atoms in total. The van der Waals surface area contributed by atoms with Crippen LogP contribution < -0.4 is 5.32 Å². The van der Waals surface area contributed by atoms with Crippen molar-refractivity contribution in [3.63, 3.8) is 0 Å². The van der Waals surface area contributed by atoms with Gasteiger partial charge in [-0.05, 0) is 31.2 Å². The average molecular weight is 255 g/mol. The Morgan fingerprint density at radius 1 is 1.26 bits per heavy atom. The Labute approximate surface area is 114 Å². The van der Waals surface area contributed by atoms with E-state index in [4.69, 9.17) is 0 Å². The first-order valence-corrected chi connectivity index (χ1v) is 6.98. The molecule has 0 radical (unpaired) electrons. The molecule has 1 heterocycles. The van der Waals surface area contributed by atoms with Gasteiger partial charge in [0.2, 0.25) is 0 Å². The van der Waals surface area contributed by atoms with E-state index in [0.29, 0.717) is 6.04 Å². The molecule has 1 aliphatic rings. The average Bonchev–Trinajstić information content (AvgIpc) is 2.75. The van der Waals surface area contributed by atoms with Gasteiger partial charge in [0.1, 0.15) is 5.82 Å². The van der Waals surface area contributed by atoms with E-state index in [1.165, 1.54) is 24.0 Å². The van der Waals surface area contributed by atoms with Crippen molar-refractivity contribution in [3.05, 3.63) is 53.6 Å². The summed E-state index contributed by atoms with van der Waals surface area (Å²) in [5, 5.41) is 3.59. The zero-order valence-corrected chi connectivity index (χ0v) is 11.6. The van der Waals surface area contributed by atoms with Crippen molar-refractivity contribution in [2.24, 2.45) is 7.05 Å². The molecular weight excluding hydrogens is 234 g/mol. The fraction of sp³-hybridized carbons (Fsp3) is 0.438. The van der Waals surface area contributed by atoms with Gasteiger partial charge < -0.3 is 9.88 Å². The van der Waals surface area contributed by atoms with Crippen molar-refractivity contribution in [2.45, 2.75) is 38.3 Å². The highest BCUT2D eigenvalue weighted by atomic mass is 15.1. The number of rotatable bonds is 4. The third kappa shape index (κ3) is 2.71. The van der Waals surface area contributed by atoms with Crippen LogP contribution in [-0.4, -0.2) is 15.6 Å². The summed E-state index contributed by atoms with van der Waals surface area (Å²) in [7, 11) is 2.04. The third-order valence-corrected chi connectivity index (χ3v) is 4.16. The Morgan fingerprint density at radius 2 is 2.00 bits per heavy atom. The Hall–Kier alpha value is -1.61. The molecule has 0 amide bonds. The molecule has 1 saturated carbocycles. The molecule has 1 aromatic heterocycles. The SMILES string of the molecule is Cc1ccc(C2CC(NCc3nccn3C)C2)cc1. The van der Waals surface area contributed by atoms with Crippen molar-refractivity contribution in [1.82, 2.24) is 14.9 Å². The number of hydrogen-bond donors (Lipinski definition) is 1. The maximum absolute atomic E-state index is 4.33. The summed E-state index contributed by atoms with van der Waals surface area (Å²) >= 11 is 0. The fourth-order valence-electron chi connectivity index (χ4n) is 2.70. The highest BCUT2D eigenvalue weighted by molar-refractivity contribution is 5.26. The van der Waals surface area contributed by atoms with Gasteiger partial charge >= 0.3 is 0 Å². The van der Waals surface area contributed by atoms with E-state index in [1.807, 2.05) is 19.4 Å². The molecule has 3 rings (SSSR count). The van der Waals surface area contributed by atoms with E-state index in [2.05, 4.69) is 46.1 Å². The molecule has 1 aromatic carbocycles. The van der Waals surface area contributed by atoms with E-state index in [9.17, 15) is 0 Å². The molecule has 0 bridgehead atoms. The molecule has 0 saturated heterocycles. The van der Waals surface area contributed by atoms with Crippen LogP contribution in [0.5, 0.6) is 0 Å². The second-order valence-electron chi connectivity index (χ2n) is 5.61. The van der Waals surface area contributed by atoms with E-state index >= 15 is 0 Å². The van der Waals surface area contributed by atoms with Crippen molar-refractivity contribution in [2.75, 3.05) is 0 Å². The van der Waals surface area contributed by atoms with Crippen LogP contribution in [0.4, 0.5) is 0 Å². The number of aryl methyl sites for hydroxylation is 2. The van der Waals surface area contributed by atoms with Crippen molar-refractivity contribution >= 4 is 0 Å². The van der Waals surface area contributed by atoms with Gasteiger partial charge in [-0.3, -0.25) is 0 Å². The second kappa shape index (κ2) is 5.17. The number of nitrogens with zero attached hydrogens (tertiary/aromatic N) is 2. The highest BCUT2D eigenvalue weighted by Gasteiger charge is 2.29. The predicted molar refractivity (Wildman–Crippen MR) is 77.0 cm³/mol. The minimum atomic E-state index is 0.642. The summed E-state index contributed by atoms with van der Waals surface area (Å²) in [6, 6.07) is 9.61. The van der Waals surface area contributed by atoms with E-state index < -0.39 is 0 Å². The molecule has 3 heteroatoms. The molecule has 100 valence electrons. The first kappa shape index (κ1) is 12.4. The third-order valence-electron chi connectivity index (χ3n) is 4.16. The monoisotopic (exact) mass is 255 g/mol. The summed E-state index contributed by atoms with van der Waals surface area (Å²) in [5.41, 5.74) is 2.83.